The van der Waals surface area contributed by atoms with Crippen LogP contribution in [0.4, 0.5) is 0 Å². The molecule has 0 amide bonds. The van der Waals surface area contributed by atoms with Gasteiger partial charge in [-0.1, -0.05) is 23.8 Å². The van der Waals surface area contributed by atoms with E-state index < -0.39 is 0 Å². The van der Waals surface area contributed by atoms with Crippen LogP contribution >= 0.6 is 0 Å². The fourth-order valence-electron chi connectivity index (χ4n) is 3.88. The first-order valence-electron chi connectivity index (χ1n) is 10.7. The van der Waals surface area contributed by atoms with Gasteiger partial charge in [0.15, 0.2) is 0 Å². The number of fused-ring (bicyclic) bond motifs is 2. The summed E-state index contributed by atoms with van der Waals surface area (Å²) in [4.78, 5) is 7.81. The van der Waals surface area contributed by atoms with Gasteiger partial charge in [0, 0.05) is 22.8 Å². The number of rotatable bonds is 4. The van der Waals surface area contributed by atoms with Crippen molar-refractivity contribution < 1.29 is 0 Å². The highest BCUT2D eigenvalue weighted by molar-refractivity contribution is 5.92. The minimum atomic E-state index is 0.620. The summed E-state index contributed by atoms with van der Waals surface area (Å²) in [6.07, 6.45) is 9.84. The number of nitrogens with two attached hydrogens (primary N) is 1. The van der Waals surface area contributed by atoms with E-state index >= 15 is 0 Å². The zero-order valence-electron chi connectivity index (χ0n) is 17.5. The molecule has 1 aliphatic rings. The highest BCUT2D eigenvalue weighted by Gasteiger charge is 2.14. The van der Waals surface area contributed by atoms with Gasteiger partial charge < -0.3 is 10.7 Å². The van der Waals surface area contributed by atoms with Crippen LogP contribution in [0.15, 0.2) is 48.9 Å². The van der Waals surface area contributed by atoms with Gasteiger partial charge in [-0.25, -0.2) is 4.68 Å². The Morgan fingerprint density at radius 1 is 1.16 bits per heavy atom. The number of aromatic nitrogens is 7. The molecule has 4 heterocycles. The van der Waals surface area contributed by atoms with E-state index in [-0.39, 0.29) is 0 Å². The molecule has 0 unspecified atom stereocenters. The summed E-state index contributed by atoms with van der Waals surface area (Å²) in [7, 11) is 0. The van der Waals surface area contributed by atoms with Crippen molar-refractivity contribution in [2.24, 2.45) is 11.7 Å². The van der Waals surface area contributed by atoms with Crippen molar-refractivity contribution in [2.75, 3.05) is 6.54 Å². The molecule has 1 saturated carbocycles. The summed E-state index contributed by atoms with van der Waals surface area (Å²) in [6, 6.07) is 10.2. The molecule has 0 bridgehead atoms. The van der Waals surface area contributed by atoms with E-state index in [0.29, 0.717) is 6.54 Å². The molecule has 4 N–H and O–H groups in total. The van der Waals surface area contributed by atoms with Gasteiger partial charge in [0.1, 0.15) is 5.69 Å². The third-order valence-corrected chi connectivity index (χ3v) is 5.86. The van der Waals surface area contributed by atoms with Gasteiger partial charge in [-0.2, -0.15) is 5.10 Å². The second-order valence-corrected chi connectivity index (χ2v) is 8.20. The number of nitrogens with zero attached hydrogens (tertiary/aromatic N) is 5. The minimum absolute atomic E-state index is 0.620. The van der Waals surface area contributed by atoms with Gasteiger partial charge in [-0.05, 0) is 56.0 Å². The second kappa shape index (κ2) is 8.31. The van der Waals surface area contributed by atoms with Crippen LogP contribution in [0, 0.1) is 12.8 Å². The summed E-state index contributed by atoms with van der Waals surface area (Å²) < 4.78 is 1.83. The van der Waals surface area contributed by atoms with Crippen molar-refractivity contribution >= 4 is 21.9 Å². The van der Waals surface area contributed by atoms with Crippen molar-refractivity contribution in [1.82, 2.24) is 35.2 Å². The molecule has 31 heavy (non-hydrogen) atoms. The summed E-state index contributed by atoms with van der Waals surface area (Å²) in [5, 5.41) is 16.7. The molecule has 0 atom stereocenters. The predicted octanol–water partition coefficient (Wildman–Crippen LogP) is 3.80. The molecule has 5 aromatic rings. The van der Waals surface area contributed by atoms with Gasteiger partial charge in [0.05, 0.1) is 35.5 Å². The molecule has 6 rings (SSSR count). The fourth-order valence-corrected chi connectivity index (χ4v) is 3.88. The topological polar surface area (TPSA) is 114 Å². The molecule has 0 aliphatic heterocycles. The van der Waals surface area contributed by atoms with E-state index in [1.165, 1.54) is 19.3 Å². The normalized spacial score (nSPS) is 13.9. The van der Waals surface area contributed by atoms with Crippen LogP contribution in [0.2, 0.25) is 0 Å². The van der Waals surface area contributed by atoms with Crippen molar-refractivity contribution in [1.29, 1.82) is 0 Å². The van der Waals surface area contributed by atoms with Gasteiger partial charge in [0.2, 0.25) is 0 Å². The molecule has 158 valence electrons. The molecule has 8 nitrogen and oxygen atoms in total. The number of hydrogen-bond acceptors (Lipinski definition) is 5. The molecule has 1 fully saturated rings. The maximum atomic E-state index is 5.33. The Balaban J connectivity index is 0.000000296. The Morgan fingerprint density at radius 2 is 2.06 bits per heavy atom. The SMILES string of the molecule is Cc1cc2ncc(Cn3cc(-c4cccc5[nH]ncc45)nn3)cc2[nH]1.NCC1CCC1. The van der Waals surface area contributed by atoms with Crippen LogP contribution in [-0.2, 0) is 6.54 Å². The third kappa shape index (κ3) is 4.06. The van der Waals surface area contributed by atoms with E-state index in [1.807, 2.05) is 54.5 Å². The van der Waals surface area contributed by atoms with Crippen LogP contribution in [0.5, 0.6) is 0 Å². The molecular weight excluding hydrogens is 388 g/mol. The number of hydrogen-bond donors (Lipinski definition) is 3. The summed E-state index contributed by atoms with van der Waals surface area (Å²) in [6.45, 7) is 3.57. The second-order valence-electron chi connectivity index (χ2n) is 8.20. The van der Waals surface area contributed by atoms with Gasteiger partial charge in [-0.15, -0.1) is 5.10 Å². The molecule has 8 heteroatoms. The zero-order chi connectivity index (χ0) is 21.2. The summed E-state index contributed by atoms with van der Waals surface area (Å²) in [5.74, 6) is 0.894. The van der Waals surface area contributed by atoms with Crippen LogP contribution < -0.4 is 5.73 Å². The lowest BCUT2D eigenvalue weighted by atomic mass is 9.86. The lowest BCUT2D eigenvalue weighted by Gasteiger charge is -2.22. The number of aryl methyl sites for hydroxylation is 1. The molecular formula is C23H26N8. The van der Waals surface area contributed by atoms with Crippen LogP contribution in [0.3, 0.4) is 0 Å². The minimum Gasteiger partial charge on any atom is -0.357 e. The highest BCUT2D eigenvalue weighted by atomic mass is 15.4. The number of aromatic amines is 2. The summed E-state index contributed by atoms with van der Waals surface area (Å²) >= 11 is 0. The van der Waals surface area contributed by atoms with E-state index in [2.05, 4.69) is 36.5 Å². The van der Waals surface area contributed by atoms with E-state index in [4.69, 9.17) is 5.73 Å². The Labute approximate surface area is 179 Å². The van der Waals surface area contributed by atoms with E-state index in [1.54, 1.807) is 0 Å². The van der Waals surface area contributed by atoms with Crippen molar-refractivity contribution in [3.8, 4) is 11.3 Å². The summed E-state index contributed by atoms with van der Waals surface area (Å²) in [5.41, 5.74) is 12.4. The molecule has 1 aromatic carbocycles. The van der Waals surface area contributed by atoms with Crippen molar-refractivity contribution in [3.05, 3.63) is 60.2 Å². The number of H-pyrrole nitrogens is 2. The van der Waals surface area contributed by atoms with E-state index in [9.17, 15) is 0 Å². The highest BCUT2D eigenvalue weighted by Crippen LogP contribution is 2.26. The van der Waals surface area contributed by atoms with Crippen LogP contribution in [-0.4, -0.2) is 41.7 Å². The van der Waals surface area contributed by atoms with Crippen molar-refractivity contribution in [3.63, 3.8) is 0 Å². The van der Waals surface area contributed by atoms with Crippen LogP contribution in [0.1, 0.15) is 30.5 Å². The average molecular weight is 415 g/mol. The Bertz CT molecular complexity index is 1300. The Morgan fingerprint density at radius 3 is 2.84 bits per heavy atom. The molecule has 0 radical (unpaired) electrons. The molecule has 4 aromatic heterocycles. The quantitative estimate of drug-likeness (QED) is 0.414. The number of benzene rings is 1. The first-order chi connectivity index (χ1) is 15.2. The Hall–Kier alpha value is -3.52. The number of pyridine rings is 1. The smallest absolute Gasteiger partial charge is 0.113 e. The lowest BCUT2D eigenvalue weighted by molar-refractivity contribution is 0.325. The van der Waals surface area contributed by atoms with Gasteiger partial charge >= 0.3 is 0 Å². The van der Waals surface area contributed by atoms with Crippen LogP contribution in [0.25, 0.3) is 33.2 Å². The lowest BCUT2D eigenvalue weighted by Crippen LogP contribution is -2.20. The first-order valence-corrected chi connectivity index (χ1v) is 10.7. The Kier molecular flexibility index (Phi) is 5.21. The molecule has 0 spiro atoms. The van der Waals surface area contributed by atoms with E-state index in [0.717, 1.165) is 56.9 Å². The molecule has 0 saturated heterocycles. The monoisotopic (exact) mass is 414 g/mol. The standard InChI is InChI=1S/C18H15N7.C5H11N/c1-11-5-16-17(21-11)6-12(7-19-16)9-25-10-18(23-24-25)13-3-2-4-15-14(13)8-20-22-15;6-4-5-2-1-3-5/h2-8,10,21H,9H2,1H3,(H,20,22);5H,1-4,6H2. The predicted molar refractivity (Wildman–Crippen MR) is 121 cm³/mol. The van der Waals surface area contributed by atoms with Gasteiger partial charge in [-0.3, -0.25) is 10.1 Å². The molecule has 1 aliphatic carbocycles. The number of nitrogens with one attached hydrogen (secondary N) is 2. The maximum absolute atomic E-state index is 5.33. The first kappa shape index (κ1) is 19.4. The maximum Gasteiger partial charge on any atom is 0.113 e. The zero-order valence-corrected chi connectivity index (χ0v) is 17.5. The fraction of sp³-hybridized carbons (Fsp3) is 0.304. The average Bonchev–Trinajstić information content (AvgIpc) is 3.45. The largest absolute Gasteiger partial charge is 0.357 e. The van der Waals surface area contributed by atoms with Gasteiger partial charge in [0.25, 0.3) is 0 Å². The third-order valence-electron chi connectivity index (χ3n) is 5.86. The van der Waals surface area contributed by atoms with Crippen molar-refractivity contribution in [2.45, 2.75) is 32.7 Å².